The lowest BCUT2D eigenvalue weighted by atomic mass is 10.1. The zero-order valence-corrected chi connectivity index (χ0v) is 17.3. The van der Waals surface area contributed by atoms with Crippen LogP contribution in [0.5, 0.6) is 0 Å². The van der Waals surface area contributed by atoms with Gasteiger partial charge in [-0.25, -0.2) is 0 Å². The third-order valence-electron chi connectivity index (χ3n) is 5.63. The summed E-state index contributed by atoms with van der Waals surface area (Å²) in [5, 5.41) is 2.77. The minimum absolute atomic E-state index is 0.0545. The molecule has 1 aliphatic carbocycles. The van der Waals surface area contributed by atoms with Crippen LogP contribution in [0.2, 0.25) is 0 Å². The van der Waals surface area contributed by atoms with Crippen molar-refractivity contribution in [2.75, 3.05) is 31.5 Å². The molecule has 0 unspecified atom stereocenters. The summed E-state index contributed by atoms with van der Waals surface area (Å²) in [6.45, 7) is 3.48. The van der Waals surface area contributed by atoms with E-state index in [2.05, 4.69) is 26.1 Å². The summed E-state index contributed by atoms with van der Waals surface area (Å²) in [5.41, 5.74) is 1.27. The molecule has 7 heteroatoms. The Bertz CT molecular complexity index is 835. The third-order valence-corrected chi connectivity index (χ3v) is 6.06. The lowest BCUT2D eigenvalue weighted by Crippen LogP contribution is -2.51. The molecule has 2 heterocycles. The molecule has 0 bridgehead atoms. The average Bonchev–Trinajstić information content (AvgIpc) is 3.40. The van der Waals surface area contributed by atoms with Gasteiger partial charge in [-0.1, -0.05) is 12.8 Å². The first kappa shape index (κ1) is 19.2. The predicted molar refractivity (Wildman–Crippen MR) is 111 cm³/mol. The van der Waals surface area contributed by atoms with Crippen LogP contribution in [0.4, 0.5) is 5.69 Å². The first-order valence-corrected chi connectivity index (χ1v) is 10.6. The minimum atomic E-state index is -0.326. The van der Waals surface area contributed by atoms with Gasteiger partial charge in [0.2, 0.25) is 0 Å². The van der Waals surface area contributed by atoms with Gasteiger partial charge >= 0.3 is 0 Å². The highest BCUT2D eigenvalue weighted by molar-refractivity contribution is 9.10. The smallest absolute Gasteiger partial charge is 0.291 e. The van der Waals surface area contributed by atoms with E-state index in [1.165, 1.54) is 25.7 Å². The van der Waals surface area contributed by atoms with Crippen LogP contribution >= 0.6 is 15.9 Å². The zero-order valence-electron chi connectivity index (χ0n) is 15.7. The van der Waals surface area contributed by atoms with Crippen molar-refractivity contribution in [3.05, 3.63) is 52.4 Å². The van der Waals surface area contributed by atoms with Gasteiger partial charge in [0.15, 0.2) is 10.4 Å². The van der Waals surface area contributed by atoms with Crippen LogP contribution in [0.15, 0.2) is 45.5 Å². The molecular weight excluding hydrogens is 422 g/mol. The molecule has 0 radical (unpaired) electrons. The van der Waals surface area contributed by atoms with Crippen LogP contribution in [-0.2, 0) is 0 Å². The van der Waals surface area contributed by atoms with Gasteiger partial charge in [-0.3, -0.25) is 14.5 Å². The summed E-state index contributed by atoms with van der Waals surface area (Å²) >= 11 is 3.18. The SMILES string of the molecule is O=C(Nc1ccc(C(=O)N2CCN(C3CCCC3)CC2)cc1)c1ccc(Br)o1. The fourth-order valence-corrected chi connectivity index (χ4v) is 4.37. The Morgan fingerprint density at radius 3 is 2.25 bits per heavy atom. The second-order valence-electron chi connectivity index (χ2n) is 7.40. The topological polar surface area (TPSA) is 65.8 Å². The van der Waals surface area contributed by atoms with Crippen molar-refractivity contribution in [2.45, 2.75) is 31.7 Å². The molecule has 0 atom stereocenters. The number of benzene rings is 1. The molecule has 6 nitrogen and oxygen atoms in total. The molecule has 4 rings (SSSR count). The Hall–Kier alpha value is -2.12. The summed E-state index contributed by atoms with van der Waals surface area (Å²) in [6, 6.07) is 11.0. The number of carbonyl (C=O) groups excluding carboxylic acids is 2. The predicted octanol–water partition coefficient (Wildman–Crippen LogP) is 3.99. The molecular formula is C21H24BrN3O3. The van der Waals surface area contributed by atoms with Crippen LogP contribution in [0.1, 0.15) is 46.6 Å². The maximum Gasteiger partial charge on any atom is 0.291 e. The van der Waals surface area contributed by atoms with E-state index >= 15 is 0 Å². The van der Waals surface area contributed by atoms with E-state index in [-0.39, 0.29) is 17.6 Å². The monoisotopic (exact) mass is 445 g/mol. The Labute approximate surface area is 173 Å². The van der Waals surface area contributed by atoms with Crippen molar-refractivity contribution >= 4 is 33.4 Å². The molecule has 2 fully saturated rings. The van der Waals surface area contributed by atoms with Crippen molar-refractivity contribution in [1.82, 2.24) is 9.80 Å². The van der Waals surface area contributed by atoms with Crippen LogP contribution < -0.4 is 5.32 Å². The molecule has 148 valence electrons. The molecule has 1 aromatic carbocycles. The number of rotatable bonds is 4. The van der Waals surface area contributed by atoms with E-state index in [0.717, 1.165) is 32.2 Å². The number of piperazine rings is 1. The number of furan rings is 1. The van der Waals surface area contributed by atoms with E-state index in [1.54, 1.807) is 36.4 Å². The number of hydrogen-bond acceptors (Lipinski definition) is 4. The maximum atomic E-state index is 12.8. The number of nitrogens with one attached hydrogen (secondary N) is 1. The average molecular weight is 446 g/mol. The van der Waals surface area contributed by atoms with Crippen molar-refractivity contribution in [2.24, 2.45) is 0 Å². The van der Waals surface area contributed by atoms with Crippen LogP contribution in [0.25, 0.3) is 0 Å². The Kier molecular flexibility index (Phi) is 5.82. The number of halogens is 1. The van der Waals surface area contributed by atoms with Crippen LogP contribution in [0.3, 0.4) is 0 Å². The Morgan fingerprint density at radius 1 is 0.964 bits per heavy atom. The number of anilines is 1. The van der Waals surface area contributed by atoms with E-state index in [9.17, 15) is 9.59 Å². The quantitative estimate of drug-likeness (QED) is 0.772. The molecule has 2 aromatic rings. The van der Waals surface area contributed by atoms with Crippen molar-refractivity contribution in [1.29, 1.82) is 0 Å². The largest absolute Gasteiger partial charge is 0.444 e. The summed E-state index contributed by atoms with van der Waals surface area (Å²) in [5.74, 6) is -0.0427. The molecule has 1 aromatic heterocycles. The second-order valence-corrected chi connectivity index (χ2v) is 8.18. The lowest BCUT2D eigenvalue weighted by Gasteiger charge is -2.38. The molecule has 2 aliphatic rings. The molecule has 0 spiro atoms. The normalized spacial score (nSPS) is 18.4. The number of amides is 2. The molecule has 1 saturated carbocycles. The van der Waals surface area contributed by atoms with Crippen molar-refractivity contribution < 1.29 is 14.0 Å². The van der Waals surface area contributed by atoms with Gasteiger partial charge < -0.3 is 14.6 Å². The van der Waals surface area contributed by atoms with Gasteiger partial charge in [-0.05, 0) is 65.2 Å². The van der Waals surface area contributed by atoms with E-state index in [4.69, 9.17) is 4.42 Å². The second kappa shape index (κ2) is 8.49. The summed E-state index contributed by atoms with van der Waals surface area (Å²) < 4.78 is 5.75. The highest BCUT2D eigenvalue weighted by Gasteiger charge is 2.28. The molecule has 28 heavy (non-hydrogen) atoms. The Morgan fingerprint density at radius 2 is 1.64 bits per heavy atom. The van der Waals surface area contributed by atoms with Gasteiger partial charge in [0.05, 0.1) is 0 Å². The van der Waals surface area contributed by atoms with E-state index in [1.807, 2.05) is 4.90 Å². The van der Waals surface area contributed by atoms with Crippen LogP contribution in [0, 0.1) is 0 Å². The molecule has 2 amide bonds. The van der Waals surface area contributed by atoms with Gasteiger partial charge in [-0.2, -0.15) is 0 Å². The van der Waals surface area contributed by atoms with Gasteiger partial charge in [0.1, 0.15) is 0 Å². The first-order valence-electron chi connectivity index (χ1n) is 9.80. The molecule has 1 aliphatic heterocycles. The highest BCUT2D eigenvalue weighted by Crippen LogP contribution is 2.24. The maximum absolute atomic E-state index is 12.8. The molecule has 1 saturated heterocycles. The minimum Gasteiger partial charge on any atom is -0.444 e. The Balaban J connectivity index is 1.32. The van der Waals surface area contributed by atoms with Gasteiger partial charge in [-0.15, -0.1) is 0 Å². The number of carbonyl (C=O) groups is 2. The van der Waals surface area contributed by atoms with Crippen LogP contribution in [-0.4, -0.2) is 53.8 Å². The summed E-state index contributed by atoms with van der Waals surface area (Å²) in [6.07, 6.45) is 5.28. The lowest BCUT2D eigenvalue weighted by molar-refractivity contribution is 0.0573. The third kappa shape index (κ3) is 4.31. The van der Waals surface area contributed by atoms with Gasteiger partial charge in [0, 0.05) is 43.5 Å². The highest BCUT2D eigenvalue weighted by atomic mass is 79.9. The van der Waals surface area contributed by atoms with Gasteiger partial charge in [0.25, 0.3) is 11.8 Å². The van der Waals surface area contributed by atoms with Crippen molar-refractivity contribution in [3.63, 3.8) is 0 Å². The van der Waals surface area contributed by atoms with E-state index in [0.29, 0.717) is 15.9 Å². The standard InChI is InChI=1S/C21H24BrN3O3/c22-19-10-9-18(28-19)20(26)23-16-7-5-15(6-8-16)21(27)25-13-11-24(12-14-25)17-3-1-2-4-17/h5-10,17H,1-4,11-14H2,(H,23,26). The fraction of sp³-hybridized carbons (Fsp3) is 0.429. The summed E-state index contributed by atoms with van der Waals surface area (Å²) in [7, 11) is 0. The zero-order chi connectivity index (χ0) is 19.5. The fourth-order valence-electron chi connectivity index (χ4n) is 4.07. The first-order chi connectivity index (χ1) is 13.6. The number of hydrogen-bond donors (Lipinski definition) is 1. The number of nitrogens with zero attached hydrogens (tertiary/aromatic N) is 2. The summed E-state index contributed by atoms with van der Waals surface area (Å²) in [4.78, 5) is 29.4. The molecule has 1 N–H and O–H groups in total. The van der Waals surface area contributed by atoms with E-state index < -0.39 is 0 Å². The van der Waals surface area contributed by atoms with Crippen molar-refractivity contribution in [3.8, 4) is 0 Å².